The van der Waals surface area contributed by atoms with Gasteiger partial charge < -0.3 is 5.32 Å². The van der Waals surface area contributed by atoms with Crippen molar-refractivity contribution in [2.45, 2.75) is 6.54 Å². The van der Waals surface area contributed by atoms with E-state index in [1.54, 1.807) is 36.4 Å². The molecule has 1 heterocycles. The van der Waals surface area contributed by atoms with Crippen molar-refractivity contribution in [2.75, 3.05) is 5.32 Å². The van der Waals surface area contributed by atoms with Gasteiger partial charge in [0.15, 0.2) is 0 Å². The first-order chi connectivity index (χ1) is 11.0. The van der Waals surface area contributed by atoms with Crippen molar-refractivity contribution in [3.8, 4) is 0 Å². The fraction of sp³-hybridized carbons (Fsp3) is 0.0625. The lowest BCUT2D eigenvalue weighted by Crippen LogP contribution is -2.28. The maximum absolute atomic E-state index is 12.3. The van der Waals surface area contributed by atoms with E-state index in [1.807, 2.05) is 6.07 Å². The van der Waals surface area contributed by atoms with Crippen LogP contribution in [0.5, 0.6) is 0 Å². The summed E-state index contributed by atoms with van der Waals surface area (Å²) in [5.74, 6) is -0.340. The molecule has 1 aromatic heterocycles. The number of carbonyl (C=O) groups excluding carboxylic acids is 1. The molecule has 0 saturated carbocycles. The van der Waals surface area contributed by atoms with Gasteiger partial charge in [0.2, 0.25) is 5.91 Å². The van der Waals surface area contributed by atoms with Crippen LogP contribution in [0.3, 0.4) is 0 Å². The maximum atomic E-state index is 12.3. The maximum Gasteiger partial charge on any atom is 0.269 e. The Kier molecular flexibility index (Phi) is 4.45. The number of hydrogen-bond acceptors (Lipinski definition) is 3. The van der Waals surface area contributed by atoms with Crippen molar-refractivity contribution in [3.63, 3.8) is 0 Å². The molecule has 0 spiro atoms. The average molecular weight is 393 g/mol. The number of hydrogen-bond donors (Lipinski definition) is 1. The van der Waals surface area contributed by atoms with Crippen LogP contribution < -0.4 is 10.9 Å². The Bertz CT molecular complexity index is 955. The zero-order chi connectivity index (χ0) is 16.4. The van der Waals surface area contributed by atoms with Gasteiger partial charge in [-0.15, -0.1) is 0 Å². The molecule has 0 saturated heterocycles. The van der Waals surface area contributed by atoms with Gasteiger partial charge in [-0.3, -0.25) is 14.2 Å². The van der Waals surface area contributed by atoms with Crippen molar-refractivity contribution in [3.05, 3.63) is 68.5 Å². The topological polar surface area (TPSA) is 64.0 Å². The minimum Gasteiger partial charge on any atom is -0.323 e. The van der Waals surface area contributed by atoms with Gasteiger partial charge in [0.1, 0.15) is 6.54 Å². The molecule has 0 aliphatic heterocycles. The zero-order valence-electron chi connectivity index (χ0n) is 11.8. The Balaban J connectivity index is 1.89. The summed E-state index contributed by atoms with van der Waals surface area (Å²) in [5, 5.41) is 3.12. The lowest BCUT2D eigenvalue weighted by Gasteiger charge is -2.11. The fourth-order valence-electron chi connectivity index (χ4n) is 2.20. The predicted octanol–water partition coefficient (Wildman–Crippen LogP) is 3.45. The molecule has 0 unspecified atom stereocenters. The minimum atomic E-state index is -0.340. The third kappa shape index (κ3) is 3.43. The van der Waals surface area contributed by atoms with Crippen LogP contribution in [0.1, 0.15) is 0 Å². The van der Waals surface area contributed by atoms with E-state index in [4.69, 9.17) is 11.6 Å². The van der Waals surface area contributed by atoms with E-state index in [1.165, 1.54) is 10.8 Å². The Morgan fingerprint density at radius 1 is 1.26 bits per heavy atom. The molecule has 0 bridgehead atoms. The summed E-state index contributed by atoms with van der Waals surface area (Å²) in [6, 6.07) is 12.3. The smallest absolute Gasteiger partial charge is 0.269 e. The number of nitrogens with zero attached hydrogens (tertiary/aromatic N) is 2. The van der Waals surface area contributed by atoms with Crippen molar-refractivity contribution in [1.82, 2.24) is 9.55 Å². The number of amides is 1. The fourth-order valence-corrected chi connectivity index (χ4v) is 2.92. The molecule has 0 atom stereocenters. The van der Waals surface area contributed by atoms with Gasteiger partial charge in [0.05, 0.1) is 27.9 Å². The van der Waals surface area contributed by atoms with E-state index in [2.05, 4.69) is 26.2 Å². The van der Waals surface area contributed by atoms with Crippen LogP contribution in [-0.2, 0) is 11.3 Å². The zero-order valence-corrected chi connectivity index (χ0v) is 14.1. The number of carbonyl (C=O) groups is 1. The van der Waals surface area contributed by atoms with Crippen molar-refractivity contribution >= 4 is 50.2 Å². The lowest BCUT2D eigenvalue weighted by molar-refractivity contribution is -0.116. The summed E-state index contributed by atoms with van der Waals surface area (Å²) in [4.78, 5) is 28.3. The minimum absolute atomic E-state index is 0.117. The van der Waals surface area contributed by atoms with Crippen LogP contribution in [0, 0.1) is 0 Å². The summed E-state index contributed by atoms with van der Waals surface area (Å²) in [6.07, 6.45) is 1.21. The number of aromatic nitrogens is 2. The van der Waals surface area contributed by atoms with E-state index in [9.17, 15) is 9.59 Å². The van der Waals surface area contributed by atoms with E-state index >= 15 is 0 Å². The first-order valence-corrected chi connectivity index (χ1v) is 7.91. The molecule has 116 valence electrons. The number of anilines is 1. The van der Waals surface area contributed by atoms with Crippen LogP contribution >= 0.6 is 27.5 Å². The number of halogens is 2. The number of fused-ring (bicyclic) bond motifs is 1. The second-order valence-electron chi connectivity index (χ2n) is 4.84. The van der Waals surface area contributed by atoms with E-state index in [0.29, 0.717) is 21.7 Å². The van der Waals surface area contributed by atoms with Gasteiger partial charge in [-0.2, -0.15) is 0 Å². The van der Waals surface area contributed by atoms with Gasteiger partial charge in [0.25, 0.3) is 5.56 Å². The highest BCUT2D eigenvalue weighted by atomic mass is 79.9. The lowest BCUT2D eigenvalue weighted by atomic mass is 10.3. The van der Waals surface area contributed by atoms with Crippen molar-refractivity contribution < 1.29 is 4.79 Å². The summed E-state index contributed by atoms with van der Waals surface area (Å²) in [6.45, 7) is -0.117. The summed E-state index contributed by atoms with van der Waals surface area (Å²) < 4.78 is 2.20. The number of benzene rings is 2. The van der Waals surface area contributed by atoms with Crippen LogP contribution in [0.25, 0.3) is 11.0 Å². The molecule has 0 aliphatic rings. The molecule has 5 nitrogen and oxygen atoms in total. The average Bonchev–Trinajstić information content (AvgIpc) is 2.53. The summed E-state index contributed by atoms with van der Waals surface area (Å²) in [5.41, 5.74) is 1.42. The van der Waals surface area contributed by atoms with Crippen LogP contribution in [-0.4, -0.2) is 15.5 Å². The molecule has 0 aliphatic carbocycles. The molecule has 0 fully saturated rings. The van der Waals surface area contributed by atoms with E-state index in [-0.39, 0.29) is 18.0 Å². The highest BCUT2D eigenvalue weighted by Gasteiger charge is 2.10. The standard InChI is InChI=1S/C16H11BrClN3O2/c17-10-5-6-12(11(18)7-10)20-15(22)9-21-14-4-2-1-3-13(14)19-8-16(21)23/h1-8H,9H2,(H,20,22). The van der Waals surface area contributed by atoms with Gasteiger partial charge >= 0.3 is 0 Å². The molecule has 23 heavy (non-hydrogen) atoms. The Labute approximate surface area is 145 Å². The summed E-state index contributed by atoms with van der Waals surface area (Å²) in [7, 11) is 0. The van der Waals surface area contributed by atoms with Gasteiger partial charge in [-0.05, 0) is 30.3 Å². The second-order valence-corrected chi connectivity index (χ2v) is 6.17. The number of rotatable bonds is 3. The molecule has 3 rings (SSSR count). The quantitative estimate of drug-likeness (QED) is 0.742. The Morgan fingerprint density at radius 3 is 2.83 bits per heavy atom. The largest absolute Gasteiger partial charge is 0.323 e. The molecule has 1 N–H and O–H groups in total. The number of para-hydroxylation sites is 2. The molecule has 7 heteroatoms. The van der Waals surface area contributed by atoms with Crippen LogP contribution in [0.2, 0.25) is 5.02 Å². The molecular formula is C16H11BrClN3O2. The first-order valence-electron chi connectivity index (χ1n) is 6.74. The highest BCUT2D eigenvalue weighted by molar-refractivity contribution is 9.10. The van der Waals surface area contributed by atoms with Gasteiger partial charge in [-0.25, -0.2) is 4.98 Å². The first kappa shape index (κ1) is 15.7. The van der Waals surface area contributed by atoms with Gasteiger partial charge in [-0.1, -0.05) is 39.7 Å². The Morgan fingerprint density at radius 2 is 2.04 bits per heavy atom. The van der Waals surface area contributed by atoms with Crippen LogP contribution in [0.15, 0.2) is 57.9 Å². The summed E-state index contributed by atoms with van der Waals surface area (Å²) >= 11 is 9.38. The monoisotopic (exact) mass is 391 g/mol. The third-order valence-electron chi connectivity index (χ3n) is 3.26. The van der Waals surface area contributed by atoms with Gasteiger partial charge in [0, 0.05) is 4.47 Å². The molecule has 3 aromatic rings. The van der Waals surface area contributed by atoms with Crippen molar-refractivity contribution in [1.29, 1.82) is 0 Å². The predicted molar refractivity (Wildman–Crippen MR) is 93.8 cm³/mol. The molecular weight excluding hydrogens is 382 g/mol. The van der Waals surface area contributed by atoms with E-state index < -0.39 is 0 Å². The normalized spacial score (nSPS) is 10.7. The van der Waals surface area contributed by atoms with Crippen LogP contribution in [0.4, 0.5) is 5.69 Å². The number of nitrogens with one attached hydrogen (secondary N) is 1. The molecule has 2 aromatic carbocycles. The second kappa shape index (κ2) is 6.52. The Hall–Kier alpha value is -2.18. The third-order valence-corrected chi connectivity index (χ3v) is 4.07. The van der Waals surface area contributed by atoms with E-state index in [0.717, 1.165) is 4.47 Å². The molecule has 0 radical (unpaired) electrons. The van der Waals surface area contributed by atoms with Crippen molar-refractivity contribution in [2.24, 2.45) is 0 Å². The SMILES string of the molecule is O=C(Cn1c(=O)cnc2ccccc21)Nc1ccc(Br)cc1Cl. The molecule has 1 amide bonds. The highest BCUT2D eigenvalue weighted by Crippen LogP contribution is 2.25.